The fourth-order valence-electron chi connectivity index (χ4n) is 2.45. The third kappa shape index (κ3) is 4.06. The van der Waals surface area contributed by atoms with E-state index in [9.17, 15) is 4.39 Å². The van der Waals surface area contributed by atoms with Crippen LogP contribution in [0.15, 0.2) is 29.6 Å². The summed E-state index contributed by atoms with van der Waals surface area (Å²) >= 11 is 7.64. The largest absolute Gasteiger partial charge is 0.309 e. The Kier molecular flexibility index (Phi) is 6.22. The minimum absolute atomic E-state index is 0.146. The van der Waals surface area contributed by atoms with E-state index in [1.165, 1.54) is 10.4 Å². The topological polar surface area (TPSA) is 12.0 Å². The Morgan fingerprint density at radius 1 is 1.24 bits per heavy atom. The minimum Gasteiger partial charge on any atom is -0.309 e. The van der Waals surface area contributed by atoms with Crippen LogP contribution in [0.4, 0.5) is 4.39 Å². The van der Waals surface area contributed by atoms with E-state index in [1.54, 1.807) is 17.4 Å². The normalized spacial score (nSPS) is 12.6. The van der Waals surface area contributed by atoms with Crippen LogP contribution >= 0.6 is 22.9 Å². The lowest BCUT2D eigenvalue weighted by molar-refractivity contribution is 0.517. The molecule has 114 valence electrons. The van der Waals surface area contributed by atoms with E-state index in [4.69, 9.17) is 11.6 Å². The van der Waals surface area contributed by atoms with Gasteiger partial charge in [-0.25, -0.2) is 4.39 Å². The summed E-state index contributed by atoms with van der Waals surface area (Å²) in [6.45, 7) is 5.22. The molecule has 1 N–H and O–H groups in total. The summed E-state index contributed by atoms with van der Waals surface area (Å²) < 4.78 is 14.2. The molecule has 0 radical (unpaired) electrons. The molecule has 1 aromatic heterocycles. The standard InChI is InChI=1S/C17H21ClFNS/c1-3-9-20-15(17-12(4-2)8-10-21-17)11-13-6-5-7-14(18)16(13)19/h5-8,10,15,20H,3-4,9,11H2,1-2H3. The predicted molar refractivity (Wildman–Crippen MR) is 89.8 cm³/mol. The second-order valence-corrected chi connectivity index (χ2v) is 6.44. The monoisotopic (exact) mass is 325 g/mol. The van der Waals surface area contributed by atoms with Gasteiger partial charge in [0.05, 0.1) is 5.02 Å². The summed E-state index contributed by atoms with van der Waals surface area (Å²) in [6, 6.07) is 7.54. The van der Waals surface area contributed by atoms with Crippen LogP contribution in [0.3, 0.4) is 0 Å². The molecule has 0 spiro atoms. The summed E-state index contributed by atoms with van der Waals surface area (Å²) in [4.78, 5) is 1.31. The van der Waals surface area contributed by atoms with Crippen LogP contribution in [0.1, 0.15) is 42.3 Å². The molecule has 0 saturated heterocycles. The van der Waals surface area contributed by atoms with Crippen molar-refractivity contribution in [2.45, 2.75) is 39.2 Å². The molecule has 1 heterocycles. The van der Waals surface area contributed by atoms with Crippen LogP contribution in [-0.4, -0.2) is 6.54 Å². The highest BCUT2D eigenvalue weighted by atomic mass is 35.5. The number of benzene rings is 1. The number of hydrogen-bond acceptors (Lipinski definition) is 2. The number of halogens is 2. The number of rotatable bonds is 7. The Bertz CT molecular complexity index is 582. The summed E-state index contributed by atoms with van der Waals surface area (Å²) in [6.07, 6.45) is 2.68. The zero-order valence-corrected chi connectivity index (χ0v) is 14.0. The average molecular weight is 326 g/mol. The third-order valence-corrected chi connectivity index (χ3v) is 4.94. The van der Waals surface area contributed by atoms with Gasteiger partial charge < -0.3 is 5.32 Å². The highest BCUT2D eigenvalue weighted by Crippen LogP contribution is 2.29. The molecule has 1 atom stereocenters. The second kappa shape index (κ2) is 7.92. The Morgan fingerprint density at radius 3 is 2.76 bits per heavy atom. The van der Waals surface area contributed by atoms with E-state index in [1.807, 2.05) is 12.1 Å². The lowest BCUT2D eigenvalue weighted by Gasteiger charge is -2.19. The lowest BCUT2D eigenvalue weighted by Crippen LogP contribution is -2.24. The molecule has 0 saturated carbocycles. The molecule has 21 heavy (non-hydrogen) atoms. The van der Waals surface area contributed by atoms with Gasteiger partial charge in [0.15, 0.2) is 0 Å². The van der Waals surface area contributed by atoms with E-state index >= 15 is 0 Å². The van der Waals surface area contributed by atoms with Crippen LogP contribution in [0.2, 0.25) is 5.02 Å². The summed E-state index contributed by atoms with van der Waals surface area (Å²) in [7, 11) is 0. The molecule has 1 unspecified atom stereocenters. The van der Waals surface area contributed by atoms with E-state index in [-0.39, 0.29) is 16.9 Å². The SMILES string of the molecule is CCCNC(Cc1cccc(Cl)c1F)c1sccc1CC. The fraction of sp³-hybridized carbons (Fsp3) is 0.412. The van der Waals surface area contributed by atoms with E-state index in [2.05, 4.69) is 30.6 Å². The van der Waals surface area contributed by atoms with Gasteiger partial charge in [0.25, 0.3) is 0 Å². The molecule has 0 aliphatic heterocycles. The molecular formula is C17H21ClFNS. The Hall–Kier alpha value is -0.900. The quantitative estimate of drug-likeness (QED) is 0.720. The van der Waals surface area contributed by atoms with Crippen molar-refractivity contribution in [1.82, 2.24) is 5.32 Å². The molecule has 2 rings (SSSR count). The maximum atomic E-state index is 14.2. The highest BCUT2D eigenvalue weighted by Gasteiger charge is 2.18. The van der Waals surface area contributed by atoms with Gasteiger partial charge in [-0.05, 0) is 54.4 Å². The van der Waals surface area contributed by atoms with Crippen molar-refractivity contribution in [3.05, 3.63) is 56.5 Å². The van der Waals surface area contributed by atoms with Gasteiger partial charge >= 0.3 is 0 Å². The molecule has 1 nitrogen and oxygen atoms in total. The first-order valence-electron chi connectivity index (χ1n) is 7.39. The summed E-state index contributed by atoms with van der Waals surface area (Å²) in [5.74, 6) is -0.294. The van der Waals surface area contributed by atoms with Gasteiger partial charge in [-0.1, -0.05) is 37.6 Å². The van der Waals surface area contributed by atoms with Gasteiger partial charge in [-0.15, -0.1) is 11.3 Å². The van der Waals surface area contributed by atoms with E-state index < -0.39 is 0 Å². The van der Waals surface area contributed by atoms with Crippen molar-refractivity contribution in [2.75, 3.05) is 6.54 Å². The van der Waals surface area contributed by atoms with Crippen molar-refractivity contribution < 1.29 is 4.39 Å². The maximum absolute atomic E-state index is 14.2. The molecule has 2 aromatic rings. The number of thiophene rings is 1. The fourth-order valence-corrected chi connectivity index (χ4v) is 3.72. The summed E-state index contributed by atoms with van der Waals surface area (Å²) in [5, 5.41) is 5.85. The number of nitrogens with one attached hydrogen (secondary N) is 1. The zero-order chi connectivity index (χ0) is 15.2. The van der Waals surface area contributed by atoms with Gasteiger partial charge in [0.2, 0.25) is 0 Å². The Balaban J connectivity index is 2.26. The van der Waals surface area contributed by atoms with Crippen molar-refractivity contribution >= 4 is 22.9 Å². The Morgan fingerprint density at radius 2 is 2.05 bits per heavy atom. The maximum Gasteiger partial charge on any atom is 0.145 e. The van der Waals surface area contributed by atoms with Crippen LogP contribution in [0.25, 0.3) is 0 Å². The molecule has 0 aliphatic carbocycles. The molecule has 0 bridgehead atoms. The third-order valence-electron chi connectivity index (χ3n) is 3.57. The van der Waals surface area contributed by atoms with E-state index in [0.717, 1.165) is 19.4 Å². The zero-order valence-electron chi connectivity index (χ0n) is 12.5. The molecule has 1 aromatic carbocycles. The van der Waals surface area contributed by atoms with Crippen molar-refractivity contribution in [2.24, 2.45) is 0 Å². The van der Waals surface area contributed by atoms with Crippen LogP contribution in [-0.2, 0) is 12.8 Å². The van der Waals surface area contributed by atoms with Crippen molar-refractivity contribution in [3.63, 3.8) is 0 Å². The van der Waals surface area contributed by atoms with E-state index in [0.29, 0.717) is 12.0 Å². The van der Waals surface area contributed by atoms with Crippen molar-refractivity contribution in [1.29, 1.82) is 0 Å². The Labute approximate surface area is 135 Å². The van der Waals surface area contributed by atoms with Gasteiger partial charge in [0.1, 0.15) is 5.82 Å². The molecular weight excluding hydrogens is 305 g/mol. The van der Waals surface area contributed by atoms with Crippen molar-refractivity contribution in [3.8, 4) is 0 Å². The molecule has 0 fully saturated rings. The predicted octanol–water partition coefficient (Wildman–Crippen LogP) is 5.39. The van der Waals surface area contributed by atoms with Gasteiger partial charge in [-0.2, -0.15) is 0 Å². The van der Waals surface area contributed by atoms with Crippen LogP contribution < -0.4 is 5.32 Å². The lowest BCUT2D eigenvalue weighted by atomic mass is 10.0. The smallest absolute Gasteiger partial charge is 0.145 e. The minimum atomic E-state index is -0.294. The molecule has 0 amide bonds. The summed E-state index contributed by atoms with van der Waals surface area (Å²) in [5.41, 5.74) is 2.02. The number of hydrogen-bond donors (Lipinski definition) is 1. The second-order valence-electron chi connectivity index (χ2n) is 5.09. The highest BCUT2D eigenvalue weighted by molar-refractivity contribution is 7.10. The first-order valence-corrected chi connectivity index (χ1v) is 8.65. The molecule has 4 heteroatoms. The number of aryl methyl sites for hydroxylation is 1. The van der Waals surface area contributed by atoms with Crippen LogP contribution in [0.5, 0.6) is 0 Å². The first kappa shape index (κ1) is 16.5. The molecule has 0 aliphatic rings. The van der Waals surface area contributed by atoms with Gasteiger partial charge in [-0.3, -0.25) is 0 Å². The first-order chi connectivity index (χ1) is 10.2. The van der Waals surface area contributed by atoms with Gasteiger partial charge in [0, 0.05) is 10.9 Å². The average Bonchev–Trinajstić information content (AvgIpc) is 2.96. The van der Waals surface area contributed by atoms with Crippen LogP contribution in [0, 0.1) is 5.82 Å².